The molecule has 1 amide bonds. The van der Waals surface area contributed by atoms with Gasteiger partial charge in [0.05, 0.1) is 0 Å². The van der Waals surface area contributed by atoms with Crippen LogP contribution in [0.3, 0.4) is 0 Å². The van der Waals surface area contributed by atoms with Gasteiger partial charge < -0.3 is 4.90 Å². The molecular formula is C13H21NO2. The Bertz CT molecular complexity index is 301. The van der Waals surface area contributed by atoms with Gasteiger partial charge in [-0.25, -0.2) is 0 Å². The predicted molar refractivity (Wildman–Crippen MR) is 61.9 cm³/mol. The molecule has 2 rings (SSSR count). The Hall–Kier alpha value is -0.860. The van der Waals surface area contributed by atoms with Gasteiger partial charge in [-0.2, -0.15) is 0 Å². The average molecular weight is 223 g/mol. The standard InChI is InChI=1S/C13H21NO2/c1-8(2)11-6-10(15)7-12-9(3)4-5-13(16)14(11)12/h8-9,11-12H,4-7H2,1-3H3/t9-,11+,12-/m1/s1. The zero-order valence-electron chi connectivity index (χ0n) is 10.4. The molecule has 0 unspecified atom stereocenters. The van der Waals surface area contributed by atoms with Crippen molar-refractivity contribution < 1.29 is 9.59 Å². The lowest BCUT2D eigenvalue weighted by Gasteiger charge is -2.48. The molecular weight excluding hydrogens is 202 g/mol. The summed E-state index contributed by atoms with van der Waals surface area (Å²) in [7, 11) is 0. The van der Waals surface area contributed by atoms with Gasteiger partial charge >= 0.3 is 0 Å². The summed E-state index contributed by atoms with van der Waals surface area (Å²) in [5.41, 5.74) is 0. The van der Waals surface area contributed by atoms with Crippen LogP contribution in [0.1, 0.15) is 46.5 Å². The summed E-state index contributed by atoms with van der Waals surface area (Å²) in [6.45, 7) is 6.37. The molecule has 0 radical (unpaired) electrons. The smallest absolute Gasteiger partial charge is 0.223 e. The van der Waals surface area contributed by atoms with Gasteiger partial charge in [-0.1, -0.05) is 20.8 Å². The number of carbonyl (C=O) groups is 2. The van der Waals surface area contributed by atoms with E-state index in [9.17, 15) is 9.59 Å². The van der Waals surface area contributed by atoms with Crippen LogP contribution >= 0.6 is 0 Å². The third-order valence-corrected chi connectivity index (χ3v) is 4.12. The van der Waals surface area contributed by atoms with Crippen LogP contribution in [-0.4, -0.2) is 28.7 Å². The Kier molecular flexibility index (Phi) is 3.04. The lowest BCUT2D eigenvalue weighted by atomic mass is 9.79. The largest absolute Gasteiger partial charge is 0.335 e. The van der Waals surface area contributed by atoms with Gasteiger partial charge in [0.25, 0.3) is 0 Å². The number of fused-ring (bicyclic) bond motifs is 1. The quantitative estimate of drug-likeness (QED) is 0.682. The summed E-state index contributed by atoms with van der Waals surface area (Å²) < 4.78 is 0. The van der Waals surface area contributed by atoms with Crippen LogP contribution < -0.4 is 0 Å². The minimum absolute atomic E-state index is 0.140. The van der Waals surface area contributed by atoms with Crippen LogP contribution in [0.4, 0.5) is 0 Å². The van der Waals surface area contributed by atoms with Gasteiger partial charge in [-0.05, 0) is 18.3 Å². The lowest BCUT2D eigenvalue weighted by Crippen LogP contribution is -2.58. The number of hydrogen-bond donors (Lipinski definition) is 0. The van der Waals surface area contributed by atoms with E-state index < -0.39 is 0 Å². The molecule has 2 fully saturated rings. The van der Waals surface area contributed by atoms with E-state index in [2.05, 4.69) is 20.8 Å². The molecule has 2 saturated heterocycles. The van der Waals surface area contributed by atoms with Gasteiger partial charge in [-0.15, -0.1) is 0 Å². The van der Waals surface area contributed by atoms with Crippen molar-refractivity contribution in [2.24, 2.45) is 11.8 Å². The number of Topliss-reactive ketones (excluding diaryl/α,β-unsaturated/α-hetero) is 1. The molecule has 0 saturated carbocycles. The highest BCUT2D eigenvalue weighted by Crippen LogP contribution is 2.35. The number of piperidine rings is 2. The van der Waals surface area contributed by atoms with Gasteiger partial charge in [0, 0.05) is 31.3 Å². The van der Waals surface area contributed by atoms with Gasteiger partial charge in [0.2, 0.25) is 5.91 Å². The fourth-order valence-corrected chi connectivity index (χ4v) is 3.07. The van der Waals surface area contributed by atoms with Gasteiger partial charge in [0.15, 0.2) is 0 Å². The summed E-state index contributed by atoms with van der Waals surface area (Å²) in [4.78, 5) is 25.8. The molecule has 90 valence electrons. The van der Waals surface area contributed by atoms with E-state index in [1.165, 1.54) is 0 Å². The van der Waals surface area contributed by atoms with Crippen molar-refractivity contribution in [3.63, 3.8) is 0 Å². The first-order valence-electron chi connectivity index (χ1n) is 6.33. The zero-order valence-corrected chi connectivity index (χ0v) is 10.4. The first-order valence-corrected chi connectivity index (χ1v) is 6.33. The monoisotopic (exact) mass is 223 g/mol. The van der Waals surface area contributed by atoms with Crippen LogP contribution in [0.2, 0.25) is 0 Å². The first-order chi connectivity index (χ1) is 7.50. The normalized spacial score (nSPS) is 35.5. The topological polar surface area (TPSA) is 37.4 Å². The van der Waals surface area contributed by atoms with Crippen LogP contribution in [0.25, 0.3) is 0 Å². The molecule has 2 aliphatic heterocycles. The number of hydrogen-bond acceptors (Lipinski definition) is 2. The summed E-state index contributed by atoms with van der Waals surface area (Å²) >= 11 is 0. The zero-order chi connectivity index (χ0) is 11.9. The second-order valence-electron chi connectivity index (χ2n) is 5.64. The van der Waals surface area contributed by atoms with Crippen molar-refractivity contribution in [3.8, 4) is 0 Å². The Morgan fingerprint density at radius 2 is 1.94 bits per heavy atom. The third-order valence-electron chi connectivity index (χ3n) is 4.12. The maximum Gasteiger partial charge on any atom is 0.223 e. The molecule has 0 N–H and O–H groups in total. The highest BCUT2D eigenvalue weighted by atomic mass is 16.2. The van der Waals surface area contributed by atoms with E-state index in [-0.39, 0.29) is 18.0 Å². The molecule has 0 aromatic rings. The van der Waals surface area contributed by atoms with Crippen LogP contribution in [0.5, 0.6) is 0 Å². The van der Waals surface area contributed by atoms with Crippen molar-refractivity contribution in [2.45, 2.75) is 58.5 Å². The lowest BCUT2D eigenvalue weighted by molar-refractivity contribution is -0.150. The molecule has 16 heavy (non-hydrogen) atoms. The van der Waals surface area contributed by atoms with Crippen molar-refractivity contribution in [1.29, 1.82) is 0 Å². The molecule has 2 aliphatic rings. The number of nitrogens with zero attached hydrogens (tertiary/aromatic N) is 1. The summed E-state index contributed by atoms with van der Waals surface area (Å²) in [5, 5.41) is 0. The minimum atomic E-state index is 0.140. The van der Waals surface area contributed by atoms with Crippen molar-refractivity contribution in [1.82, 2.24) is 4.90 Å². The van der Waals surface area contributed by atoms with Crippen LogP contribution in [0.15, 0.2) is 0 Å². The second-order valence-corrected chi connectivity index (χ2v) is 5.64. The average Bonchev–Trinajstić information content (AvgIpc) is 2.22. The first kappa shape index (κ1) is 11.6. The van der Waals surface area contributed by atoms with E-state index in [1.54, 1.807) is 0 Å². The third kappa shape index (κ3) is 1.87. The Morgan fingerprint density at radius 1 is 1.25 bits per heavy atom. The number of amides is 1. The Labute approximate surface area is 97.2 Å². The molecule has 2 heterocycles. The molecule has 0 aromatic heterocycles. The number of rotatable bonds is 1. The van der Waals surface area contributed by atoms with E-state index >= 15 is 0 Å². The number of ketones is 1. The molecule has 0 aliphatic carbocycles. The molecule has 3 heteroatoms. The molecule has 3 atom stereocenters. The summed E-state index contributed by atoms with van der Waals surface area (Å²) in [6, 6.07) is 0.316. The van der Waals surface area contributed by atoms with E-state index in [1.807, 2.05) is 4.90 Å². The van der Waals surface area contributed by atoms with Crippen molar-refractivity contribution >= 4 is 11.7 Å². The Balaban J connectivity index is 2.27. The van der Waals surface area contributed by atoms with Crippen LogP contribution in [0, 0.1) is 11.8 Å². The maximum atomic E-state index is 12.0. The molecule has 0 aromatic carbocycles. The fourth-order valence-electron chi connectivity index (χ4n) is 3.07. The van der Waals surface area contributed by atoms with E-state index in [4.69, 9.17) is 0 Å². The van der Waals surface area contributed by atoms with E-state index in [0.717, 1.165) is 6.42 Å². The minimum Gasteiger partial charge on any atom is -0.335 e. The van der Waals surface area contributed by atoms with E-state index in [0.29, 0.717) is 36.9 Å². The highest BCUT2D eigenvalue weighted by molar-refractivity contribution is 5.85. The van der Waals surface area contributed by atoms with Crippen molar-refractivity contribution in [3.05, 3.63) is 0 Å². The second kappa shape index (κ2) is 4.19. The van der Waals surface area contributed by atoms with Gasteiger partial charge in [-0.3, -0.25) is 9.59 Å². The predicted octanol–water partition coefficient (Wildman–Crippen LogP) is 2.00. The SMILES string of the molecule is CC(C)[C@@H]1CC(=O)C[C@@H]2[C@H](C)CCC(=O)N21. The summed E-state index contributed by atoms with van der Waals surface area (Å²) in [6.07, 6.45) is 2.75. The maximum absolute atomic E-state index is 12.0. The van der Waals surface area contributed by atoms with Crippen LogP contribution in [-0.2, 0) is 9.59 Å². The molecule has 3 nitrogen and oxygen atoms in total. The number of carbonyl (C=O) groups excluding carboxylic acids is 2. The van der Waals surface area contributed by atoms with Crippen molar-refractivity contribution in [2.75, 3.05) is 0 Å². The fraction of sp³-hybridized carbons (Fsp3) is 0.846. The highest BCUT2D eigenvalue weighted by Gasteiger charge is 2.43. The Morgan fingerprint density at radius 3 is 2.56 bits per heavy atom. The molecule has 0 bridgehead atoms. The summed E-state index contributed by atoms with van der Waals surface area (Å²) in [5.74, 6) is 1.44. The molecule has 0 spiro atoms. The van der Waals surface area contributed by atoms with Gasteiger partial charge in [0.1, 0.15) is 5.78 Å².